The molecule has 7 heteroatoms. The minimum atomic E-state index is -0.134. The van der Waals surface area contributed by atoms with Gasteiger partial charge in [-0.15, -0.1) is 0 Å². The summed E-state index contributed by atoms with van der Waals surface area (Å²) in [6, 6.07) is 8.58. The van der Waals surface area contributed by atoms with Crippen molar-refractivity contribution in [1.82, 2.24) is 0 Å². The van der Waals surface area contributed by atoms with Crippen molar-refractivity contribution >= 4 is 52.1 Å². The number of carbonyl (C=O) groups excluding carboxylic acids is 1. The number of benzene rings is 2. The molecule has 0 aromatic heterocycles. The molecule has 24 heavy (non-hydrogen) atoms. The summed E-state index contributed by atoms with van der Waals surface area (Å²) in [5.74, 6) is 0.501. The zero-order valence-corrected chi connectivity index (χ0v) is 15.5. The maximum atomic E-state index is 12.0. The molecule has 128 valence electrons. The van der Waals surface area contributed by atoms with Crippen LogP contribution in [-0.2, 0) is 4.79 Å². The van der Waals surface area contributed by atoms with Crippen LogP contribution < -0.4 is 15.4 Å². The van der Waals surface area contributed by atoms with E-state index in [-0.39, 0.29) is 12.3 Å². The summed E-state index contributed by atoms with van der Waals surface area (Å²) in [4.78, 5) is 12.0. The van der Waals surface area contributed by atoms with E-state index >= 15 is 0 Å². The number of rotatable bonds is 6. The molecule has 4 nitrogen and oxygen atoms in total. The SMILES string of the molecule is COc1cc(Cl)c(C)cc1NCCC(=O)Nc1ccc(Cl)c(Cl)c1. The van der Waals surface area contributed by atoms with Gasteiger partial charge in [0, 0.05) is 29.7 Å². The van der Waals surface area contributed by atoms with Crippen LogP contribution in [0.4, 0.5) is 11.4 Å². The van der Waals surface area contributed by atoms with Crippen LogP contribution in [0.3, 0.4) is 0 Å². The van der Waals surface area contributed by atoms with Gasteiger partial charge in [0.2, 0.25) is 5.91 Å². The van der Waals surface area contributed by atoms with Crippen LogP contribution in [-0.4, -0.2) is 19.6 Å². The molecule has 0 aliphatic heterocycles. The molecule has 0 saturated carbocycles. The zero-order chi connectivity index (χ0) is 17.7. The van der Waals surface area contributed by atoms with Crippen LogP contribution in [0.1, 0.15) is 12.0 Å². The number of anilines is 2. The zero-order valence-electron chi connectivity index (χ0n) is 13.3. The smallest absolute Gasteiger partial charge is 0.226 e. The first-order valence-electron chi connectivity index (χ1n) is 7.23. The van der Waals surface area contributed by atoms with Crippen LogP contribution in [0.5, 0.6) is 5.75 Å². The van der Waals surface area contributed by atoms with Crippen LogP contribution in [0.25, 0.3) is 0 Å². The summed E-state index contributed by atoms with van der Waals surface area (Å²) in [5.41, 5.74) is 2.33. The standard InChI is InChI=1S/C17H17Cl3N2O2/c1-10-7-15(16(24-2)9-13(10)19)21-6-5-17(23)22-11-3-4-12(18)14(20)8-11/h3-4,7-9,21H,5-6H2,1-2H3,(H,22,23). The van der Waals surface area contributed by atoms with E-state index in [9.17, 15) is 4.79 Å². The third kappa shape index (κ3) is 4.94. The minimum absolute atomic E-state index is 0.134. The summed E-state index contributed by atoms with van der Waals surface area (Å²) in [6.45, 7) is 2.36. The van der Waals surface area contributed by atoms with Crippen molar-refractivity contribution in [2.24, 2.45) is 0 Å². The number of hydrogen-bond donors (Lipinski definition) is 2. The van der Waals surface area contributed by atoms with E-state index in [1.54, 1.807) is 31.4 Å². The van der Waals surface area contributed by atoms with Gasteiger partial charge in [-0.05, 0) is 36.8 Å². The number of methoxy groups -OCH3 is 1. The predicted octanol–water partition coefficient (Wildman–Crippen LogP) is 5.40. The quantitative estimate of drug-likeness (QED) is 0.697. The molecular weight excluding hydrogens is 371 g/mol. The lowest BCUT2D eigenvalue weighted by Gasteiger charge is -2.13. The van der Waals surface area contributed by atoms with Crippen molar-refractivity contribution < 1.29 is 9.53 Å². The van der Waals surface area contributed by atoms with Gasteiger partial charge in [0.15, 0.2) is 0 Å². The first-order chi connectivity index (χ1) is 11.4. The molecule has 0 saturated heterocycles. The Balaban J connectivity index is 1.91. The molecule has 0 unspecified atom stereocenters. The molecule has 2 aromatic rings. The number of nitrogens with one attached hydrogen (secondary N) is 2. The Morgan fingerprint density at radius 2 is 1.83 bits per heavy atom. The Hall–Kier alpha value is -1.62. The molecule has 0 aliphatic carbocycles. The number of aryl methyl sites for hydroxylation is 1. The van der Waals surface area contributed by atoms with Gasteiger partial charge < -0.3 is 15.4 Å². The number of halogens is 3. The highest BCUT2D eigenvalue weighted by atomic mass is 35.5. The van der Waals surface area contributed by atoms with Gasteiger partial charge in [0.25, 0.3) is 0 Å². The van der Waals surface area contributed by atoms with Crippen LogP contribution >= 0.6 is 34.8 Å². The van der Waals surface area contributed by atoms with Crippen LogP contribution in [0.15, 0.2) is 30.3 Å². The lowest BCUT2D eigenvalue weighted by molar-refractivity contribution is -0.115. The highest BCUT2D eigenvalue weighted by Crippen LogP contribution is 2.31. The second-order valence-electron chi connectivity index (χ2n) is 5.16. The molecule has 0 heterocycles. The van der Waals surface area contributed by atoms with E-state index in [0.717, 1.165) is 11.3 Å². The van der Waals surface area contributed by atoms with Gasteiger partial charge in [-0.3, -0.25) is 4.79 Å². The van der Waals surface area contributed by atoms with Crippen molar-refractivity contribution in [2.75, 3.05) is 24.3 Å². The van der Waals surface area contributed by atoms with Gasteiger partial charge in [-0.1, -0.05) is 34.8 Å². The maximum Gasteiger partial charge on any atom is 0.226 e. The number of ether oxygens (including phenoxy) is 1. The van der Waals surface area contributed by atoms with E-state index in [2.05, 4.69) is 10.6 Å². The lowest BCUT2D eigenvalue weighted by atomic mass is 10.2. The second-order valence-corrected chi connectivity index (χ2v) is 6.38. The highest BCUT2D eigenvalue weighted by Gasteiger charge is 2.08. The number of hydrogen-bond acceptors (Lipinski definition) is 3. The van der Waals surface area contributed by atoms with Crippen molar-refractivity contribution in [3.8, 4) is 5.75 Å². The third-order valence-corrected chi connectivity index (χ3v) is 4.50. The first-order valence-corrected chi connectivity index (χ1v) is 8.37. The van der Waals surface area contributed by atoms with Crippen molar-refractivity contribution in [3.05, 3.63) is 51.0 Å². The molecular formula is C17H17Cl3N2O2. The first kappa shape index (κ1) is 18.7. The van der Waals surface area contributed by atoms with E-state index < -0.39 is 0 Å². The highest BCUT2D eigenvalue weighted by molar-refractivity contribution is 6.42. The molecule has 0 atom stereocenters. The van der Waals surface area contributed by atoms with E-state index in [0.29, 0.717) is 33.0 Å². The number of carbonyl (C=O) groups is 1. The van der Waals surface area contributed by atoms with Gasteiger partial charge >= 0.3 is 0 Å². The molecule has 2 rings (SSSR count). The lowest BCUT2D eigenvalue weighted by Crippen LogP contribution is -2.16. The Bertz CT molecular complexity index is 751. The van der Waals surface area contributed by atoms with Gasteiger partial charge in [0.1, 0.15) is 5.75 Å². The second kappa shape index (κ2) is 8.47. The molecule has 1 amide bonds. The average Bonchev–Trinajstić information content (AvgIpc) is 2.54. The number of amides is 1. The average molecular weight is 388 g/mol. The van der Waals surface area contributed by atoms with Crippen molar-refractivity contribution in [2.45, 2.75) is 13.3 Å². The topological polar surface area (TPSA) is 50.4 Å². The fourth-order valence-corrected chi connectivity index (χ4v) is 2.53. The van der Waals surface area contributed by atoms with Crippen LogP contribution in [0.2, 0.25) is 15.1 Å². The molecule has 2 aromatic carbocycles. The minimum Gasteiger partial charge on any atom is -0.495 e. The molecule has 0 spiro atoms. The van der Waals surface area contributed by atoms with E-state index in [1.807, 2.05) is 13.0 Å². The third-order valence-electron chi connectivity index (χ3n) is 3.35. The van der Waals surface area contributed by atoms with Crippen molar-refractivity contribution in [3.63, 3.8) is 0 Å². The summed E-state index contributed by atoms with van der Waals surface area (Å²) in [7, 11) is 1.57. The van der Waals surface area contributed by atoms with E-state index in [4.69, 9.17) is 39.5 Å². The molecule has 0 bridgehead atoms. The predicted molar refractivity (Wildman–Crippen MR) is 101 cm³/mol. The molecule has 0 fully saturated rings. The molecule has 0 aliphatic rings. The fraction of sp³-hybridized carbons (Fsp3) is 0.235. The summed E-state index contributed by atoms with van der Waals surface area (Å²) >= 11 is 17.8. The van der Waals surface area contributed by atoms with Gasteiger partial charge in [0.05, 0.1) is 22.8 Å². The maximum absolute atomic E-state index is 12.0. The van der Waals surface area contributed by atoms with Crippen LogP contribution in [0, 0.1) is 6.92 Å². The van der Waals surface area contributed by atoms with Gasteiger partial charge in [-0.2, -0.15) is 0 Å². The molecule has 0 radical (unpaired) electrons. The normalized spacial score (nSPS) is 10.4. The Morgan fingerprint density at radius 1 is 1.08 bits per heavy atom. The summed E-state index contributed by atoms with van der Waals surface area (Å²) in [5, 5.41) is 7.43. The Morgan fingerprint density at radius 3 is 2.50 bits per heavy atom. The monoisotopic (exact) mass is 386 g/mol. The summed E-state index contributed by atoms with van der Waals surface area (Å²) in [6.07, 6.45) is 0.283. The van der Waals surface area contributed by atoms with Gasteiger partial charge in [-0.25, -0.2) is 0 Å². The molecule has 2 N–H and O–H groups in total. The Labute approximate surface area is 156 Å². The van der Waals surface area contributed by atoms with E-state index in [1.165, 1.54) is 0 Å². The largest absolute Gasteiger partial charge is 0.495 e. The fourth-order valence-electron chi connectivity index (χ4n) is 2.08. The Kier molecular flexibility index (Phi) is 6.60. The van der Waals surface area contributed by atoms with Crippen molar-refractivity contribution in [1.29, 1.82) is 0 Å². The summed E-state index contributed by atoms with van der Waals surface area (Å²) < 4.78 is 5.28.